The van der Waals surface area contributed by atoms with Crippen molar-refractivity contribution in [3.05, 3.63) is 128 Å². The van der Waals surface area contributed by atoms with Crippen molar-refractivity contribution in [2.75, 3.05) is 71.4 Å². The molecule has 0 spiro atoms. The van der Waals surface area contributed by atoms with Gasteiger partial charge in [0.25, 0.3) is 22.9 Å². The Morgan fingerprint density at radius 1 is 0.778 bits per heavy atom. The van der Waals surface area contributed by atoms with E-state index in [1.54, 1.807) is 49.8 Å². The topological polar surface area (TPSA) is 194 Å². The Morgan fingerprint density at radius 2 is 1.43 bits per heavy atom. The number of amides is 2. The number of rotatable bonds is 16. The molecule has 0 saturated carbocycles. The Morgan fingerprint density at radius 3 is 2.11 bits per heavy atom. The first-order valence-corrected chi connectivity index (χ1v) is 21.9. The fourth-order valence-electron chi connectivity index (χ4n) is 8.72. The number of likely N-dealkylation sites (tertiary alicyclic amines) is 2. The molecule has 16 heteroatoms. The van der Waals surface area contributed by atoms with Crippen LogP contribution in [0.15, 0.2) is 88.7 Å². The standard InChI is InChI=1S/C47H55N11O5/c1-48-46(61)40-16-13-35(28-50-40)63-22-21-58-18-6-8-33(30-58)25-43-53-39-14-11-31(23-37(39)45(60)55-43)26-51-47(62)41-15-12-34(27-49-41)56(2)19-20-57-17-5-7-32(29-57)24-42-52-38-10-4-3-9-36(38)44(59)54-42/h3-4,9-16,23,27-28,32-33H,5-8,17-22,24-26,29-30H2,1-2H3,(H,48,61)(H,51,62)(H,52,54,59)(H,53,55,60). The van der Waals surface area contributed by atoms with Crippen LogP contribution in [0.2, 0.25) is 0 Å². The van der Waals surface area contributed by atoms with Crippen molar-refractivity contribution >= 4 is 39.3 Å². The number of piperidine rings is 2. The summed E-state index contributed by atoms with van der Waals surface area (Å²) in [5.74, 6) is 2.27. The summed E-state index contributed by atoms with van der Waals surface area (Å²) in [6, 6.07) is 20.0. The van der Waals surface area contributed by atoms with E-state index in [2.05, 4.69) is 45.3 Å². The summed E-state index contributed by atoms with van der Waals surface area (Å²) in [6.07, 6.45) is 9.01. The number of nitrogens with zero attached hydrogens (tertiary/aromatic N) is 7. The van der Waals surface area contributed by atoms with Crippen LogP contribution in [-0.4, -0.2) is 118 Å². The van der Waals surface area contributed by atoms with Gasteiger partial charge in [-0.05, 0) is 105 Å². The zero-order valence-electron chi connectivity index (χ0n) is 35.9. The fourth-order valence-corrected chi connectivity index (χ4v) is 8.72. The lowest BCUT2D eigenvalue weighted by Gasteiger charge is -2.34. The summed E-state index contributed by atoms with van der Waals surface area (Å²) in [7, 11) is 3.60. The summed E-state index contributed by atoms with van der Waals surface area (Å²) in [5.41, 5.74) is 3.45. The summed E-state index contributed by atoms with van der Waals surface area (Å²) in [5, 5.41) is 6.60. The Kier molecular flexibility index (Phi) is 13.8. The van der Waals surface area contributed by atoms with Crippen molar-refractivity contribution in [1.29, 1.82) is 0 Å². The lowest BCUT2D eigenvalue weighted by Crippen LogP contribution is -2.40. The lowest BCUT2D eigenvalue weighted by molar-refractivity contribution is 0.0942. The Labute approximate surface area is 365 Å². The molecular formula is C47H55N11O5. The van der Waals surface area contributed by atoms with Crippen molar-refractivity contribution in [2.24, 2.45) is 11.8 Å². The molecule has 0 radical (unpaired) electrons. The van der Waals surface area contributed by atoms with Gasteiger partial charge in [0.05, 0.1) is 39.9 Å². The van der Waals surface area contributed by atoms with Crippen LogP contribution in [-0.2, 0) is 19.4 Å². The molecule has 0 bridgehead atoms. The molecular weight excluding hydrogens is 799 g/mol. The lowest BCUT2D eigenvalue weighted by atomic mass is 9.94. The maximum absolute atomic E-state index is 13.3. The summed E-state index contributed by atoms with van der Waals surface area (Å²) >= 11 is 0. The predicted molar refractivity (Wildman–Crippen MR) is 242 cm³/mol. The predicted octanol–water partition coefficient (Wildman–Crippen LogP) is 3.96. The number of para-hydroxylation sites is 1. The third-order valence-corrected chi connectivity index (χ3v) is 12.1. The van der Waals surface area contributed by atoms with Gasteiger partial charge < -0.3 is 35.1 Å². The van der Waals surface area contributed by atoms with Crippen LogP contribution in [0.3, 0.4) is 0 Å². The zero-order valence-corrected chi connectivity index (χ0v) is 35.9. The molecule has 6 heterocycles. The second-order valence-electron chi connectivity index (χ2n) is 16.7. The normalized spacial score (nSPS) is 17.1. The number of pyridine rings is 2. The number of aromatic amines is 2. The van der Waals surface area contributed by atoms with Gasteiger partial charge in [-0.2, -0.15) is 0 Å². The third-order valence-electron chi connectivity index (χ3n) is 12.1. The Bertz CT molecular complexity index is 2650. The van der Waals surface area contributed by atoms with E-state index in [1.807, 2.05) is 43.4 Å². The number of H-pyrrole nitrogens is 2. The number of carbonyl (C=O) groups is 2. The molecule has 2 aliphatic heterocycles. The van der Waals surface area contributed by atoms with Crippen molar-refractivity contribution in [3.8, 4) is 5.75 Å². The molecule has 2 unspecified atom stereocenters. The number of benzene rings is 2. The smallest absolute Gasteiger partial charge is 0.270 e. The maximum atomic E-state index is 13.3. The number of ether oxygens (including phenoxy) is 1. The number of hydrogen-bond acceptors (Lipinski definition) is 12. The van der Waals surface area contributed by atoms with E-state index in [9.17, 15) is 19.2 Å². The van der Waals surface area contributed by atoms with Crippen molar-refractivity contribution in [1.82, 2.24) is 50.3 Å². The minimum absolute atomic E-state index is 0.0833. The summed E-state index contributed by atoms with van der Waals surface area (Å²) in [6.45, 7) is 7.03. The van der Waals surface area contributed by atoms with E-state index in [4.69, 9.17) is 14.7 Å². The van der Waals surface area contributed by atoms with Gasteiger partial charge in [-0.3, -0.25) is 24.1 Å². The zero-order chi connectivity index (χ0) is 43.7. The molecule has 6 aromatic rings. The van der Waals surface area contributed by atoms with Crippen LogP contribution < -0.4 is 31.4 Å². The molecule has 0 aliphatic carbocycles. The monoisotopic (exact) mass is 853 g/mol. The van der Waals surface area contributed by atoms with Gasteiger partial charge in [-0.15, -0.1) is 0 Å². The van der Waals surface area contributed by atoms with Crippen LogP contribution in [0.25, 0.3) is 21.8 Å². The highest BCUT2D eigenvalue weighted by molar-refractivity contribution is 5.92. The minimum Gasteiger partial charge on any atom is -0.491 e. The molecule has 2 atom stereocenters. The van der Waals surface area contributed by atoms with Gasteiger partial charge in [-0.25, -0.2) is 19.9 Å². The van der Waals surface area contributed by atoms with Gasteiger partial charge >= 0.3 is 0 Å². The van der Waals surface area contributed by atoms with E-state index in [0.717, 1.165) is 101 Å². The first-order valence-electron chi connectivity index (χ1n) is 21.9. The highest BCUT2D eigenvalue weighted by Gasteiger charge is 2.23. The van der Waals surface area contributed by atoms with Crippen LogP contribution in [0.5, 0.6) is 5.75 Å². The number of hydrogen-bond donors (Lipinski definition) is 4. The van der Waals surface area contributed by atoms with E-state index in [-0.39, 0.29) is 29.5 Å². The highest BCUT2D eigenvalue weighted by atomic mass is 16.5. The molecule has 2 aromatic carbocycles. The Hall–Kier alpha value is -6.52. The molecule has 8 rings (SSSR count). The molecule has 4 N–H and O–H groups in total. The molecule has 2 amide bonds. The molecule has 16 nitrogen and oxygen atoms in total. The average molecular weight is 854 g/mol. The van der Waals surface area contributed by atoms with Gasteiger partial charge in [0.15, 0.2) is 0 Å². The number of likely N-dealkylation sites (N-methyl/N-ethyl adjacent to an activating group) is 1. The average Bonchev–Trinajstić information content (AvgIpc) is 3.30. The molecule has 2 aliphatic rings. The van der Waals surface area contributed by atoms with Gasteiger partial charge in [0.2, 0.25) is 0 Å². The SMILES string of the molecule is CNC(=O)c1ccc(OCCN2CCCC(Cc3nc4ccc(CNC(=O)c5ccc(N(C)CCN6CCCC(Cc7nc8ccccc8c(=O)[nH]7)C6)cn5)cc4c(=O)[nH]3)C2)cn1. The molecule has 328 valence electrons. The maximum Gasteiger partial charge on any atom is 0.270 e. The quantitative estimate of drug-likeness (QED) is 0.110. The first-order chi connectivity index (χ1) is 30.7. The van der Waals surface area contributed by atoms with Crippen LogP contribution in [0, 0.1) is 11.8 Å². The second kappa shape index (κ2) is 20.1. The first kappa shape index (κ1) is 43.1. The summed E-state index contributed by atoms with van der Waals surface area (Å²) < 4.78 is 5.88. The van der Waals surface area contributed by atoms with E-state index in [0.29, 0.717) is 64.1 Å². The summed E-state index contributed by atoms with van der Waals surface area (Å²) in [4.78, 5) is 81.8. The van der Waals surface area contributed by atoms with Crippen molar-refractivity contribution in [2.45, 2.75) is 45.1 Å². The number of fused-ring (bicyclic) bond motifs is 2. The molecule has 2 fully saturated rings. The molecule has 4 aromatic heterocycles. The van der Waals surface area contributed by atoms with Crippen LogP contribution >= 0.6 is 0 Å². The Balaban J connectivity index is 0.774. The van der Waals surface area contributed by atoms with Crippen LogP contribution in [0.4, 0.5) is 5.69 Å². The fraction of sp³-hybridized carbons (Fsp3) is 0.404. The van der Waals surface area contributed by atoms with Gasteiger partial charge in [0.1, 0.15) is 35.4 Å². The third kappa shape index (κ3) is 11.1. The molecule has 2 saturated heterocycles. The highest BCUT2D eigenvalue weighted by Crippen LogP contribution is 2.22. The van der Waals surface area contributed by atoms with Crippen LogP contribution in [0.1, 0.15) is 63.9 Å². The number of nitrogens with one attached hydrogen (secondary N) is 4. The molecule has 63 heavy (non-hydrogen) atoms. The number of anilines is 1. The van der Waals surface area contributed by atoms with E-state index < -0.39 is 0 Å². The van der Waals surface area contributed by atoms with Crippen molar-refractivity contribution < 1.29 is 14.3 Å². The number of aromatic nitrogens is 6. The van der Waals surface area contributed by atoms with E-state index >= 15 is 0 Å². The second-order valence-corrected chi connectivity index (χ2v) is 16.7. The largest absolute Gasteiger partial charge is 0.491 e. The van der Waals surface area contributed by atoms with Gasteiger partial charge in [-0.1, -0.05) is 18.2 Å². The van der Waals surface area contributed by atoms with E-state index in [1.165, 1.54) is 0 Å². The minimum atomic E-state index is -0.296. The van der Waals surface area contributed by atoms with Gasteiger partial charge in [0, 0.05) is 66.2 Å². The van der Waals surface area contributed by atoms with Crippen molar-refractivity contribution in [3.63, 3.8) is 0 Å². The number of carbonyl (C=O) groups excluding carboxylic acids is 2.